The molecule has 0 saturated heterocycles. The minimum absolute atomic E-state index is 0.0757. The van der Waals surface area contributed by atoms with Crippen molar-refractivity contribution in [2.75, 3.05) is 18.5 Å². The normalized spacial score (nSPS) is 16.6. The minimum Gasteiger partial charge on any atom is -0.463 e. The van der Waals surface area contributed by atoms with Crippen LogP contribution in [0.3, 0.4) is 0 Å². The van der Waals surface area contributed by atoms with Gasteiger partial charge in [0.1, 0.15) is 0 Å². The van der Waals surface area contributed by atoms with Crippen LogP contribution in [0.5, 0.6) is 0 Å². The Hall–Kier alpha value is -2.83. The van der Waals surface area contributed by atoms with Crippen LogP contribution in [0.1, 0.15) is 58.6 Å². The maximum Gasteiger partial charge on any atom is 0.338 e. The van der Waals surface area contributed by atoms with Crippen LogP contribution in [0.4, 0.5) is 10.5 Å². The molecule has 1 aliphatic heterocycles. The standard InChI is InChI=1S/C21H29N3O4/c1-5-8-13-24-14(4)18(20(26)28-7-3)19(23-21(24)27)15-9-11-16(12-10-15)22-17(25)6-2/h9-12,19H,5-8,13H2,1-4H3,(H,22,25)(H,23,27)/t19-/m1/s1. The zero-order valence-corrected chi connectivity index (χ0v) is 17.0. The van der Waals surface area contributed by atoms with Gasteiger partial charge in [0.25, 0.3) is 0 Å². The number of rotatable bonds is 8. The van der Waals surface area contributed by atoms with Gasteiger partial charge < -0.3 is 15.4 Å². The topological polar surface area (TPSA) is 87.7 Å². The van der Waals surface area contributed by atoms with Crippen LogP contribution in [-0.4, -0.2) is 36.0 Å². The average Bonchev–Trinajstić information content (AvgIpc) is 2.68. The summed E-state index contributed by atoms with van der Waals surface area (Å²) in [7, 11) is 0. The van der Waals surface area contributed by atoms with Crippen molar-refractivity contribution in [1.29, 1.82) is 0 Å². The molecule has 7 nitrogen and oxygen atoms in total. The fourth-order valence-electron chi connectivity index (χ4n) is 3.10. The Bertz CT molecular complexity index is 755. The summed E-state index contributed by atoms with van der Waals surface area (Å²) in [4.78, 5) is 38.4. The summed E-state index contributed by atoms with van der Waals surface area (Å²) in [6.07, 6.45) is 2.18. The summed E-state index contributed by atoms with van der Waals surface area (Å²) >= 11 is 0. The highest BCUT2D eigenvalue weighted by molar-refractivity contribution is 5.95. The molecule has 152 valence electrons. The van der Waals surface area contributed by atoms with Crippen molar-refractivity contribution in [2.45, 2.75) is 53.0 Å². The number of hydrogen-bond donors (Lipinski definition) is 2. The molecule has 1 aliphatic rings. The second kappa shape index (κ2) is 9.92. The quantitative estimate of drug-likeness (QED) is 0.665. The first kappa shape index (κ1) is 21.5. The Labute approximate surface area is 166 Å². The van der Waals surface area contributed by atoms with Crippen LogP contribution in [-0.2, 0) is 14.3 Å². The van der Waals surface area contributed by atoms with Gasteiger partial charge in [-0.25, -0.2) is 9.59 Å². The maximum atomic E-state index is 12.7. The molecule has 0 fully saturated rings. The molecule has 1 atom stereocenters. The van der Waals surface area contributed by atoms with Gasteiger partial charge in [-0.1, -0.05) is 32.4 Å². The highest BCUT2D eigenvalue weighted by atomic mass is 16.5. The third-order valence-corrected chi connectivity index (χ3v) is 4.68. The van der Waals surface area contributed by atoms with Gasteiger partial charge in [-0.05, 0) is 38.0 Å². The van der Waals surface area contributed by atoms with Crippen molar-refractivity contribution >= 4 is 23.6 Å². The van der Waals surface area contributed by atoms with Crippen molar-refractivity contribution < 1.29 is 19.1 Å². The van der Waals surface area contributed by atoms with E-state index in [1.54, 1.807) is 49.9 Å². The van der Waals surface area contributed by atoms with Gasteiger partial charge in [0.15, 0.2) is 0 Å². The minimum atomic E-state index is -0.597. The number of allylic oxidation sites excluding steroid dienone is 1. The number of esters is 1. The van der Waals surface area contributed by atoms with Crippen LogP contribution in [0, 0.1) is 0 Å². The first-order valence-corrected chi connectivity index (χ1v) is 9.78. The van der Waals surface area contributed by atoms with Crippen molar-refractivity contribution in [3.63, 3.8) is 0 Å². The molecule has 0 unspecified atom stereocenters. The molecular formula is C21H29N3O4. The number of anilines is 1. The summed E-state index contributed by atoms with van der Waals surface area (Å²) < 4.78 is 5.25. The van der Waals surface area contributed by atoms with E-state index in [4.69, 9.17) is 4.74 Å². The van der Waals surface area contributed by atoms with Gasteiger partial charge in [-0.2, -0.15) is 0 Å². The van der Waals surface area contributed by atoms with Gasteiger partial charge in [-0.15, -0.1) is 0 Å². The average molecular weight is 387 g/mol. The predicted octanol–water partition coefficient (Wildman–Crippen LogP) is 3.74. The molecule has 28 heavy (non-hydrogen) atoms. The summed E-state index contributed by atoms with van der Waals surface area (Å²) in [5.41, 5.74) is 2.47. The Morgan fingerprint density at radius 3 is 2.43 bits per heavy atom. The highest BCUT2D eigenvalue weighted by Gasteiger charge is 2.36. The Kier molecular flexibility index (Phi) is 7.61. The fourth-order valence-corrected chi connectivity index (χ4v) is 3.10. The summed E-state index contributed by atoms with van der Waals surface area (Å²) in [5, 5.41) is 5.71. The third-order valence-electron chi connectivity index (χ3n) is 4.68. The lowest BCUT2D eigenvalue weighted by molar-refractivity contribution is -0.139. The molecule has 0 bridgehead atoms. The first-order valence-electron chi connectivity index (χ1n) is 9.78. The van der Waals surface area contributed by atoms with E-state index < -0.39 is 12.0 Å². The van der Waals surface area contributed by atoms with E-state index in [9.17, 15) is 14.4 Å². The SMILES string of the molecule is CCCCN1C(=O)N[C@H](c2ccc(NC(=O)CC)cc2)C(C(=O)OCC)=C1C. The van der Waals surface area contributed by atoms with Gasteiger partial charge >= 0.3 is 12.0 Å². The first-order chi connectivity index (χ1) is 13.4. The second-order valence-electron chi connectivity index (χ2n) is 6.63. The molecule has 0 spiro atoms. The highest BCUT2D eigenvalue weighted by Crippen LogP contribution is 2.32. The van der Waals surface area contributed by atoms with Gasteiger partial charge in [0.2, 0.25) is 5.91 Å². The van der Waals surface area contributed by atoms with Gasteiger partial charge in [0, 0.05) is 24.4 Å². The molecule has 0 radical (unpaired) electrons. The number of carbonyl (C=O) groups excluding carboxylic acids is 3. The van der Waals surface area contributed by atoms with E-state index in [1.165, 1.54) is 0 Å². The largest absolute Gasteiger partial charge is 0.463 e. The number of hydrogen-bond acceptors (Lipinski definition) is 4. The second-order valence-corrected chi connectivity index (χ2v) is 6.63. The molecule has 1 heterocycles. The van der Waals surface area contributed by atoms with E-state index in [0.717, 1.165) is 18.4 Å². The van der Waals surface area contributed by atoms with Crippen molar-refractivity contribution in [3.8, 4) is 0 Å². The maximum absolute atomic E-state index is 12.7. The molecule has 0 saturated carbocycles. The third kappa shape index (κ3) is 4.91. The Balaban J connectivity index is 2.37. The van der Waals surface area contributed by atoms with Crippen LogP contribution >= 0.6 is 0 Å². The Morgan fingerprint density at radius 1 is 1.18 bits per heavy atom. The van der Waals surface area contributed by atoms with Crippen LogP contribution < -0.4 is 10.6 Å². The lowest BCUT2D eigenvalue weighted by Gasteiger charge is -2.35. The summed E-state index contributed by atoms with van der Waals surface area (Å²) in [5.74, 6) is -0.511. The Morgan fingerprint density at radius 2 is 1.86 bits per heavy atom. The summed E-state index contributed by atoms with van der Waals surface area (Å²) in [6, 6.07) is 6.29. The molecule has 0 aliphatic carbocycles. The number of urea groups is 1. The number of nitrogens with one attached hydrogen (secondary N) is 2. The van der Waals surface area contributed by atoms with Crippen LogP contribution in [0.15, 0.2) is 35.5 Å². The van der Waals surface area contributed by atoms with E-state index in [1.807, 2.05) is 0 Å². The van der Waals surface area contributed by atoms with E-state index >= 15 is 0 Å². The zero-order chi connectivity index (χ0) is 20.7. The van der Waals surface area contributed by atoms with Crippen LogP contribution in [0.25, 0.3) is 0 Å². The van der Waals surface area contributed by atoms with E-state index in [0.29, 0.717) is 29.9 Å². The monoisotopic (exact) mass is 387 g/mol. The molecule has 1 aromatic rings. The number of amides is 3. The zero-order valence-electron chi connectivity index (χ0n) is 17.0. The number of ether oxygens (including phenoxy) is 1. The number of carbonyl (C=O) groups is 3. The molecule has 0 aromatic heterocycles. The van der Waals surface area contributed by atoms with E-state index in [2.05, 4.69) is 17.6 Å². The predicted molar refractivity (Wildman–Crippen MR) is 108 cm³/mol. The molecule has 2 N–H and O–H groups in total. The molecule has 7 heteroatoms. The molecular weight excluding hydrogens is 358 g/mol. The molecule has 2 rings (SSSR count). The lowest BCUT2D eigenvalue weighted by atomic mass is 9.94. The van der Waals surface area contributed by atoms with Crippen molar-refractivity contribution in [1.82, 2.24) is 10.2 Å². The summed E-state index contributed by atoms with van der Waals surface area (Å²) in [6.45, 7) is 8.17. The fraction of sp³-hybridized carbons (Fsp3) is 0.476. The molecule has 1 aromatic carbocycles. The van der Waals surface area contributed by atoms with Crippen molar-refractivity contribution in [2.24, 2.45) is 0 Å². The smallest absolute Gasteiger partial charge is 0.338 e. The van der Waals surface area contributed by atoms with Crippen molar-refractivity contribution in [3.05, 3.63) is 41.1 Å². The number of unbranched alkanes of at least 4 members (excludes halogenated alkanes) is 1. The van der Waals surface area contributed by atoms with Crippen LogP contribution in [0.2, 0.25) is 0 Å². The number of nitrogens with zero attached hydrogens (tertiary/aromatic N) is 1. The van der Waals surface area contributed by atoms with Gasteiger partial charge in [0.05, 0.1) is 18.2 Å². The van der Waals surface area contributed by atoms with Gasteiger partial charge in [-0.3, -0.25) is 9.69 Å². The van der Waals surface area contributed by atoms with E-state index in [-0.39, 0.29) is 18.5 Å². The lowest BCUT2D eigenvalue weighted by Crippen LogP contribution is -2.48. The molecule has 3 amide bonds. The number of benzene rings is 1.